The van der Waals surface area contributed by atoms with Crippen molar-refractivity contribution in [2.75, 3.05) is 47.5 Å². The highest BCUT2D eigenvalue weighted by Crippen LogP contribution is 2.43. The van der Waals surface area contributed by atoms with Crippen molar-refractivity contribution in [1.29, 1.82) is 0 Å². The summed E-state index contributed by atoms with van der Waals surface area (Å²) in [5.41, 5.74) is 0. The van der Waals surface area contributed by atoms with Crippen LogP contribution in [0.15, 0.2) is 146 Å². The summed E-state index contributed by atoms with van der Waals surface area (Å²) in [7, 11) is 1.46. The molecule has 0 aliphatic rings. The SMILES string of the molecule is CC/C=C\C/C=C\C/C=C\C/C=C\C/C=C\C/C=C\CCCCCCCCCCCCCCCCCCCCCCCCC(=O)OC(COC(=O)CCCCCCCC/C=C\C/C=C\C/C=C\C/C=C\C/C=C\C/C=C\CC)COP(=O)(O)OCC[N+](C)(C)C. The standard InChI is InChI=1S/C80H136NO8P/c1-6-8-10-12-14-16-18-20-22-24-26-28-30-32-33-34-35-36-37-38-39-40-41-42-43-44-45-46-47-49-51-53-55-57-59-61-63-65-67-69-71-73-80(83)89-78(77-88-90(84,85)87-75-74-81(3,4)5)76-86-79(82)72-70-68-66-64-62-60-58-56-54-52-50-48-31-29-27-25-23-21-19-17-15-13-11-9-7-2/h8-11,14-17,20-23,26-29,32-33,35-36,48,50,54,56,78H,6-7,12-13,18-19,24-25,30-31,34,37-47,49,51-53,55,57-77H2,1-5H3/p+1/b10-8-,11-9-,16-14-,17-15-,22-20-,23-21-,28-26-,29-27-,33-32-,36-35-,50-48-,56-54-. The average molecular weight is 1270 g/mol. The van der Waals surface area contributed by atoms with E-state index in [0.29, 0.717) is 17.4 Å². The summed E-state index contributed by atoms with van der Waals surface area (Å²) in [4.78, 5) is 35.9. The Morgan fingerprint density at radius 3 is 0.889 bits per heavy atom. The number of hydrogen-bond donors (Lipinski definition) is 1. The Balaban J connectivity index is 4.00. The first-order valence-corrected chi connectivity index (χ1v) is 38.1. The summed E-state index contributed by atoms with van der Waals surface area (Å²) in [5, 5.41) is 0. The number of esters is 2. The number of carbonyl (C=O) groups excluding carboxylic acids is 2. The van der Waals surface area contributed by atoms with E-state index in [-0.39, 0.29) is 32.0 Å². The average Bonchev–Trinajstić information content (AvgIpc) is 3.62. The number of hydrogen-bond acceptors (Lipinski definition) is 7. The predicted molar refractivity (Wildman–Crippen MR) is 390 cm³/mol. The molecule has 0 aromatic carbocycles. The van der Waals surface area contributed by atoms with Gasteiger partial charge in [-0.05, 0) is 116 Å². The molecule has 0 bridgehead atoms. The van der Waals surface area contributed by atoms with Crippen LogP contribution in [0.1, 0.15) is 296 Å². The number of ether oxygens (including phenoxy) is 2. The molecule has 0 heterocycles. The summed E-state index contributed by atoms with van der Waals surface area (Å²) < 4.78 is 34.7. The lowest BCUT2D eigenvalue weighted by Crippen LogP contribution is -2.37. The maximum Gasteiger partial charge on any atom is 0.472 e. The Morgan fingerprint density at radius 2 is 0.600 bits per heavy atom. The third kappa shape index (κ3) is 72.9. The number of unbranched alkanes of at least 4 members (excludes halogenated alkanes) is 28. The molecule has 2 atom stereocenters. The van der Waals surface area contributed by atoms with Crippen molar-refractivity contribution in [2.45, 2.75) is 302 Å². The van der Waals surface area contributed by atoms with Gasteiger partial charge in [0.15, 0.2) is 6.10 Å². The van der Waals surface area contributed by atoms with E-state index in [1.54, 1.807) is 0 Å². The van der Waals surface area contributed by atoms with Crippen LogP contribution in [0.25, 0.3) is 0 Å². The van der Waals surface area contributed by atoms with Gasteiger partial charge < -0.3 is 18.9 Å². The highest BCUT2D eigenvalue weighted by Gasteiger charge is 2.27. The van der Waals surface area contributed by atoms with Gasteiger partial charge in [-0.3, -0.25) is 18.6 Å². The zero-order valence-corrected chi connectivity index (χ0v) is 59.5. The fraction of sp³-hybridized carbons (Fsp3) is 0.675. The molecule has 0 saturated heterocycles. The van der Waals surface area contributed by atoms with Crippen LogP contribution in [-0.2, 0) is 32.7 Å². The minimum Gasteiger partial charge on any atom is -0.462 e. The zero-order chi connectivity index (χ0) is 65.5. The summed E-state index contributed by atoms with van der Waals surface area (Å²) in [6.45, 7) is 4.20. The van der Waals surface area contributed by atoms with E-state index in [9.17, 15) is 19.0 Å². The minimum atomic E-state index is -4.40. The van der Waals surface area contributed by atoms with Crippen LogP contribution in [0, 0.1) is 0 Å². The van der Waals surface area contributed by atoms with Crippen LogP contribution >= 0.6 is 7.82 Å². The lowest BCUT2D eigenvalue weighted by molar-refractivity contribution is -0.870. The van der Waals surface area contributed by atoms with Crippen molar-refractivity contribution in [1.82, 2.24) is 0 Å². The van der Waals surface area contributed by atoms with E-state index in [2.05, 4.69) is 160 Å². The van der Waals surface area contributed by atoms with E-state index in [0.717, 1.165) is 141 Å². The van der Waals surface area contributed by atoms with Gasteiger partial charge in [-0.1, -0.05) is 314 Å². The Bertz CT molecular complexity index is 2030. The maximum atomic E-state index is 12.9. The van der Waals surface area contributed by atoms with Gasteiger partial charge in [0.2, 0.25) is 0 Å². The molecule has 0 rings (SSSR count). The largest absolute Gasteiger partial charge is 0.472 e. The molecule has 0 radical (unpaired) electrons. The molecule has 0 fully saturated rings. The molecule has 514 valence electrons. The number of likely N-dealkylation sites (N-methyl/N-ethyl adjacent to an activating group) is 1. The number of allylic oxidation sites excluding steroid dienone is 24. The summed E-state index contributed by atoms with van der Waals surface area (Å²) in [6.07, 6.45) is 103. The van der Waals surface area contributed by atoms with Gasteiger partial charge in [0.05, 0.1) is 27.7 Å². The van der Waals surface area contributed by atoms with E-state index >= 15 is 0 Å². The predicted octanol–water partition coefficient (Wildman–Crippen LogP) is 24.2. The van der Waals surface area contributed by atoms with Gasteiger partial charge in [-0.25, -0.2) is 4.57 Å². The number of phosphoric ester groups is 1. The highest BCUT2D eigenvalue weighted by molar-refractivity contribution is 7.47. The quantitative estimate of drug-likeness (QED) is 0.0211. The first-order chi connectivity index (χ1) is 44.0. The van der Waals surface area contributed by atoms with Crippen LogP contribution in [0.3, 0.4) is 0 Å². The fourth-order valence-electron chi connectivity index (χ4n) is 9.85. The van der Waals surface area contributed by atoms with Crippen LogP contribution in [0.2, 0.25) is 0 Å². The first kappa shape index (κ1) is 85.9. The minimum absolute atomic E-state index is 0.0240. The monoisotopic (exact) mass is 1270 g/mol. The fourth-order valence-corrected chi connectivity index (χ4v) is 10.6. The molecule has 90 heavy (non-hydrogen) atoms. The smallest absolute Gasteiger partial charge is 0.462 e. The van der Waals surface area contributed by atoms with Crippen molar-refractivity contribution in [3.63, 3.8) is 0 Å². The molecular formula is C80H137NO8P+. The Hall–Kier alpha value is -4.11. The van der Waals surface area contributed by atoms with Crippen LogP contribution in [0.4, 0.5) is 0 Å². The second-order valence-corrected chi connectivity index (χ2v) is 26.7. The summed E-state index contributed by atoms with van der Waals surface area (Å²) in [5.74, 6) is -0.812. The van der Waals surface area contributed by atoms with Crippen molar-refractivity contribution < 1.29 is 42.1 Å². The Kier molecular flexibility index (Phi) is 66.1. The maximum absolute atomic E-state index is 12.9. The molecule has 10 heteroatoms. The van der Waals surface area contributed by atoms with E-state index in [1.807, 2.05) is 21.1 Å². The number of rotatable bonds is 66. The summed E-state index contributed by atoms with van der Waals surface area (Å²) >= 11 is 0. The topological polar surface area (TPSA) is 108 Å². The molecule has 1 N–H and O–H groups in total. The van der Waals surface area contributed by atoms with Crippen molar-refractivity contribution in [3.05, 3.63) is 146 Å². The summed E-state index contributed by atoms with van der Waals surface area (Å²) in [6, 6.07) is 0. The van der Waals surface area contributed by atoms with E-state index in [1.165, 1.54) is 122 Å². The highest BCUT2D eigenvalue weighted by atomic mass is 31.2. The van der Waals surface area contributed by atoms with Gasteiger partial charge in [0.25, 0.3) is 0 Å². The van der Waals surface area contributed by atoms with Crippen LogP contribution in [-0.4, -0.2) is 74.9 Å². The lowest BCUT2D eigenvalue weighted by Gasteiger charge is -2.24. The first-order valence-electron chi connectivity index (χ1n) is 36.6. The lowest BCUT2D eigenvalue weighted by atomic mass is 10.0. The van der Waals surface area contributed by atoms with Gasteiger partial charge in [-0.15, -0.1) is 0 Å². The molecule has 2 unspecified atom stereocenters. The van der Waals surface area contributed by atoms with Crippen LogP contribution < -0.4 is 0 Å². The van der Waals surface area contributed by atoms with Crippen LogP contribution in [0.5, 0.6) is 0 Å². The Morgan fingerprint density at radius 1 is 0.344 bits per heavy atom. The number of nitrogens with zero attached hydrogens (tertiary/aromatic N) is 1. The Labute approximate surface area is 554 Å². The normalized spacial score (nSPS) is 14.0. The third-order valence-corrected chi connectivity index (χ3v) is 16.3. The third-order valence-electron chi connectivity index (χ3n) is 15.4. The molecule has 0 spiro atoms. The van der Waals surface area contributed by atoms with E-state index < -0.39 is 26.5 Å². The molecule has 0 aromatic rings. The van der Waals surface area contributed by atoms with Gasteiger partial charge >= 0.3 is 19.8 Å². The zero-order valence-electron chi connectivity index (χ0n) is 58.6. The van der Waals surface area contributed by atoms with Gasteiger partial charge in [0.1, 0.15) is 19.8 Å². The number of quaternary nitrogens is 1. The second-order valence-electron chi connectivity index (χ2n) is 25.2. The van der Waals surface area contributed by atoms with Crippen molar-refractivity contribution >= 4 is 19.8 Å². The molecule has 0 aromatic heterocycles. The molecule has 0 aliphatic heterocycles. The van der Waals surface area contributed by atoms with Gasteiger partial charge in [-0.2, -0.15) is 0 Å². The number of carbonyl (C=O) groups is 2. The van der Waals surface area contributed by atoms with E-state index in [4.69, 9.17) is 18.5 Å². The molecular weight excluding hydrogens is 1130 g/mol. The second kappa shape index (κ2) is 69.2. The molecule has 0 saturated carbocycles. The van der Waals surface area contributed by atoms with Crippen molar-refractivity contribution in [3.8, 4) is 0 Å². The molecule has 0 aliphatic carbocycles. The molecule has 9 nitrogen and oxygen atoms in total. The molecule has 0 amide bonds. The van der Waals surface area contributed by atoms with Gasteiger partial charge in [0, 0.05) is 12.8 Å². The van der Waals surface area contributed by atoms with Crippen molar-refractivity contribution in [2.24, 2.45) is 0 Å². The number of phosphoric acid groups is 1.